The summed E-state index contributed by atoms with van der Waals surface area (Å²) in [5.41, 5.74) is 1.48. The molecular weight excluding hydrogens is 346 g/mol. The van der Waals surface area contributed by atoms with E-state index in [4.69, 9.17) is 4.74 Å². The minimum atomic E-state index is -0.0980. The van der Waals surface area contributed by atoms with E-state index in [-0.39, 0.29) is 24.4 Å². The number of carbonyl (C=O) groups is 1. The van der Waals surface area contributed by atoms with Crippen molar-refractivity contribution in [3.8, 4) is 16.3 Å². The second kappa shape index (κ2) is 8.46. The molecule has 2 aromatic rings. The molecule has 0 spiro atoms. The predicted molar refractivity (Wildman–Crippen MR) is 99.3 cm³/mol. The van der Waals surface area contributed by atoms with E-state index in [1.165, 1.54) is 11.3 Å². The number of rotatable bonds is 6. The summed E-state index contributed by atoms with van der Waals surface area (Å²) in [6.07, 6.45) is 0.155. The van der Waals surface area contributed by atoms with Crippen molar-refractivity contribution in [1.82, 2.24) is 15.6 Å². The van der Waals surface area contributed by atoms with Gasteiger partial charge < -0.3 is 15.4 Å². The highest BCUT2D eigenvalue weighted by Crippen LogP contribution is 2.26. The second-order valence-corrected chi connectivity index (χ2v) is 6.82. The van der Waals surface area contributed by atoms with Crippen LogP contribution in [0.25, 0.3) is 10.6 Å². The van der Waals surface area contributed by atoms with Gasteiger partial charge in [0.25, 0.3) is 5.91 Å². The van der Waals surface area contributed by atoms with Gasteiger partial charge in [0.2, 0.25) is 0 Å². The highest BCUT2D eigenvalue weighted by atomic mass is 35.5. The van der Waals surface area contributed by atoms with Gasteiger partial charge in [-0.25, -0.2) is 4.98 Å². The van der Waals surface area contributed by atoms with Gasteiger partial charge in [-0.3, -0.25) is 4.79 Å². The molecule has 5 nitrogen and oxygen atoms in total. The van der Waals surface area contributed by atoms with Crippen LogP contribution in [0.4, 0.5) is 0 Å². The number of halogens is 1. The Labute approximate surface area is 152 Å². The molecule has 130 valence electrons. The number of nitrogens with one attached hydrogen (secondary N) is 2. The molecule has 1 amide bonds. The van der Waals surface area contributed by atoms with Gasteiger partial charge in [0.05, 0.1) is 6.10 Å². The van der Waals surface area contributed by atoms with E-state index in [0.717, 1.165) is 29.4 Å². The third-order valence-corrected chi connectivity index (χ3v) is 4.52. The van der Waals surface area contributed by atoms with Crippen LogP contribution in [-0.2, 0) is 0 Å². The van der Waals surface area contributed by atoms with Crippen LogP contribution in [0.3, 0.4) is 0 Å². The van der Waals surface area contributed by atoms with Gasteiger partial charge in [-0.1, -0.05) is 0 Å². The van der Waals surface area contributed by atoms with E-state index in [2.05, 4.69) is 15.6 Å². The number of amides is 1. The van der Waals surface area contributed by atoms with Crippen LogP contribution in [0.5, 0.6) is 5.75 Å². The summed E-state index contributed by atoms with van der Waals surface area (Å²) in [4.78, 5) is 16.5. The Kier molecular flexibility index (Phi) is 6.60. The van der Waals surface area contributed by atoms with Gasteiger partial charge in [-0.2, -0.15) is 0 Å². The largest absolute Gasteiger partial charge is 0.491 e. The molecule has 24 heavy (non-hydrogen) atoms. The SMILES string of the molecule is CC(C)Oc1ccc(-c2nc(C(=O)NCC3CNC3)cs2)cc1.Cl. The first kappa shape index (κ1) is 18.7. The lowest BCUT2D eigenvalue weighted by Crippen LogP contribution is -2.48. The van der Waals surface area contributed by atoms with E-state index in [1.54, 1.807) is 0 Å². The maximum atomic E-state index is 12.1. The molecule has 1 fully saturated rings. The van der Waals surface area contributed by atoms with Crippen molar-refractivity contribution >= 4 is 29.7 Å². The standard InChI is InChI=1S/C17H21N3O2S.ClH/c1-11(2)22-14-5-3-13(4-6-14)17-20-15(10-23-17)16(21)19-9-12-7-18-8-12;/h3-6,10-12,18H,7-9H2,1-2H3,(H,19,21);1H. The van der Waals surface area contributed by atoms with E-state index >= 15 is 0 Å². The van der Waals surface area contributed by atoms with Crippen molar-refractivity contribution in [3.05, 3.63) is 35.3 Å². The second-order valence-electron chi connectivity index (χ2n) is 5.96. The maximum absolute atomic E-state index is 12.1. The lowest BCUT2D eigenvalue weighted by Gasteiger charge is -2.26. The number of nitrogens with zero attached hydrogens (tertiary/aromatic N) is 1. The molecule has 0 aliphatic carbocycles. The van der Waals surface area contributed by atoms with Crippen LogP contribution in [0.15, 0.2) is 29.6 Å². The summed E-state index contributed by atoms with van der Waals surface area (Å²) in [6.45, 7) is 6.67. The zero-order valence-electron chi connectivity index (χ0n) is 13.7. The number of aromatic nitrogens is 1. The fourth-order valence-corrected chi connectivity index (χ4v) is 3.09. The summed E-state index contributed by atoms with van der Waals surface area (Å²) in [5, 5.41) is 8.78. The third-order valence-electron chi connectivity index (χ3n) is 3.63. The van der Waals surface area contributed by atoms with E-state index in [9.17, 15) is 4.79 Å². The van der Waals surface area contributed by atoms with Crippen molar-refractivity contribution in [2.45, 2.75) is 20.0 Å². The lowest BCUT2D eigenvalue weighted by atomic mass is 10.0. The van der Waals surface area contributed by atoms with E-state index in [1.807, 2.05) is 43.5 Å². The molecule has 1 saturated heterocycles. The fourth-order valence-electron chi connectivity index (χ4n) is 2.28. The Bertz CT molecular complexity index is 669. The van der Waals surface area contributed by atoms with Crippen molar-refractivity contribution in [1.29, 1.82) is 0 Å². The maximum Gasteiger partial charge on any atom is 0.270 e. The number of hydrogen-bond donors (Lipinski definition) is 2. The highest BCUT2D eigenvalue weighted by molar-refractivity contribution is 7.13. The van der Waals surface area contributed by atoms with Crippen LogP contribution in [-0.4, -0.2) is 36.6 Å². The molecule has 2 heterocycles. The predicted octanol–water partition coefficient (Wildman–Crippen LogP) is 2.97. The van der Waals surface area contributed by atoms with Crippen molar-refractivity contribution in [2.24, 2.45) is 5.92 Å². The Morgan fingerprint density at radius 3 is 2.67 bits per heavy atom. The summed E-state index contributed by atoms with van der Waals surface area (Å²) in [7, 11) is 0. The summed E-state index contributed by atoms with van der Waals surface area (Å²) < 4.78 is 5.63. The smallest absolute Gasteiger partial charge is 0.270 e. The summed E-state index contributed by atoms with van der Waals surface area (Å²) in [6, 6.07) is 7.80. The lowest BCUT2D eigenvalue weighted by molar-refractivity contribution is 0.0938. The number of hydrogen-bond acceptors (Lipinski definition) is 5. The molecule has 1 aliphatic heterocycles. The van der Waals surface area contributed by atoms with Crippen LogP contribution < -0.4 is 15.4 Å². The first-order valence-electron chi connectivity index (χ1n) is 7.83. The third kappa shape index (κ3) is 4.69. The van der Waals surface area contributed by atoms with Gasteiger partial charge in [-0.15, -0.1) is 23.7 Å². The molecule has 1 aromatic heterocycles. The quantitative estimate of drug-likeness (QED) is 0.823. The average Bonchev–Trinajstić information content (AvgIpc) is 2.95. The minimum Gasteiger partial charge on any atom is -0.491 e. The molecule has 7 heteroatoms. The van der Waals surface area contributed by atoms with Gasteiger partial charge in [0, 0.05) is 36.5 Å². The molecule has 3 rings (SSSR count). The average molecular weight is 368 g/mol. The number of carbonyl (C=O) groups excluding carboxylic acids is 1. The Morgan fingerprint density at radius 1 is 1.38 bits per heavy atom. The van der Waals surface area contributed by atoms with Crippen LogP contribution in [0, 0.1) is 5.92 Å². The first-order valence-corrected chi connectivity index (χ1v) is 8.71. The molecule has 0 saturated carbocycles. The molecule has 0 atom stereocenters. The Morgan fingerprint density at radius 2 is 2.08 bits per heavy atom. The van der Waals surface area contributed by atoms with Crippen LogP contribution in [0.1, 0.15) is 24.3 Å². The monoisotopic (exact) mass is 367 g/mol. The fraction of sp³-hybridized carbons (Fsp3) is 0.412. The molecule has 0 unspecified atom stereocenters. The molecule has 0 radical (unpaired) electrons. The van der Waals surface area contributed by atoms with Crippen molar-refractivity contribution in [3.63, 3.8) is 0 Å². The first-order chi connectivity index (χ1) is 11.1. The molecule has 2 N–H and O–H groups in total. The zero-order chi connectivity index (χ0) is 16.2. The number of ether oxygens (including phenoxy) is 1. The van der Waals surface area contributed by atoms with Gasteiger partial charge in [-0.05, 0) is 38.1 Å². The topological polar surface area (TPSA) is 63.2 Å². The van der Waals surface area contributed by atoms with Crippen molar-refractivity contribution in [2.75, 3.05) is 19.6 Å². The Hall–Kier alpha value is -1.63. The van der Waals surface area contributed by atoms with Crippen molar-refractivity contribution < 1.29 is 9.53 Å². The minimum absolute atomic E-state index is 0. The van der Waals surface area contributed by atoms with Gasteiger partial charge in [0.1, 0.15) is 16.5 Å². The van der Waals surface area contributed by atoms with Crippen LogP contribution >= 0.6 is 23.7 Å². The van der Waals surface area contributed by atoms with Crippen LogP contribution in [0.2, 0.25) is 0 Å². The zero-order valence-corrected chi connectivity index (χ0v) is 15.4. The normalized spacial score (nSPS) is 14.0. The van der Waals surface area contributed by atoms with Gasteiger partial charge >= 0.3 is 0 Å². The summed E-state index contributed by atoms with van der Waals surface area (Å²) >= 11 is 1.48. The molecule has 0 bridgehead atoms. The molecular formula is C17H22ClN3O2S. The Balaban J connectivity index is 0.00000208. The molecule has 1 aromatic carbocycles. The van der Waals surface area contributed by atoms with E-state index in [0.29, 0.717) is 18.2 Å². The molecule has 1 aliphatic rings. The van der Waals surface area contributed by atoms with E-state index < -0.39 is 0 Å². The summed E-state index contributed by atoms with van der Waals surface area (Å²) in [5.74, 6) is 1.29. The number of thiazole rings is 1. The number of benzene rings is 1. The van der Waals surface area contributed by atoms with Gasteiger partial charge in [0.15, 0.2) is 0 Å². The highest BCUT2D eigenvalue weighted by Gasteiger charge is 2.18.